The summed E-state index contributed by atoms with van der Waals surface area (Å²) in [5, 5.41) is -0.505. The molecule has 3 nitrogen and oxygen atoms in total. The van der Waals surface area contributed by atoms with Gasteiger partial charge in [-0.15, -0.1) is 0 Å². The summed E-state index contributed by atoms with van der Waals surface area (Å²) in [7, 11) is 1.03. The van der Waals surface area contributed by atoms with E-state index in [4.69, 9.17) is 23.2 Å². The molecule has 0 bridgehead atoms. The van der Waals surface area contributed by atoms with E-state index >= 15 is 0 Å². The molecule has 0 saturated heterocycles. The van der Waals surface area contributed by atoms with Crippen LogP contribution >= 0.6 is 23.2 Å². The second kappa shape index (κ2) is 6.52. The van der Waals surface area contributed by atoms with Gasteiger partial charge in [0.25, 0.3) is 0 Å². The first-order valence-corrected chi connectivity index (χ1v) is 6.82. The van der Waals surface area contributed by atoms with Crippen LogP contribution < -0.4 is 0 Å². The van der Waals surface area contributed by atoms with Crippen molar-refractivity contribution in [2.24, 2.45) is 0 Å². The number of methoxy groups -OCH3 is 1. The zero-order chi connectivity index (χ0) is 18.2. The molecule has 24 heavy (non-hydrogen) atoms. The minimum absolute atomic E-state index is 0.0188. The Labute approximate surface area is 142 Å². The van der Waals surface area contributed by atoms with E-state index in [1.807, 2.05) is 0 Å². The van der Waals surface area contributed by atoms with Crippen LogP contribution in [0.5, 0.6) is 0 Å². The van der Waals surface area contributed by atoms with E-state index in [1.165, 1.54) is 0 Å². The number of ether oxygens (including phenoxy) is 1. The Hall–Kier alpha value is -1.93. The van der Waals surface area contributed by atoms with Crippen molar-refractivity contribution in [3.05, 3.63) is 51.1 Å². The first-order valence-electron chi connectivity index (χ1n) is 6.07. The summed E-state index contributed by atoms with van der Waals surface area (Å²) in [4.78, 5) is 15.2. The fraction of sp³-hybridized carbons (Fsp3) is 0.143. The summed E-state index contributed by atoms with van der Waals surface area (Å²) in [5.41, 5.74) is -3.33. The normalized spacial score (nSPS) is 11.5. The third-order valence-electron chi connectivity index (χ3n) is 2.93. The van der Waals surface area contributed by atoms with Crippen molar-refractivity contribution < 1.29 is 31.5 Å². The van der Waals surface area contributed by atoms with Gasteiger partial charge in [0.2, 0.25) is 0 Å². The summed E-state index contributed by atoms with van der Waals surface area (Å²) in [6, 6.07) is 1.29. The Kier molecular flexibility index (Phi) is 5.00. The number of aromatic nitrogens is 1. The van der Waals surface area contributed by atoms with Crippen LogP contribution in [-0.4, -0.2) is 18.1 Å². The van der Waals surface area contributed by atoms with E-state index in [0.717, 1.165) is 13.2 Å². The van der Waals surface area contributed by atoms with Gasteiger partial charge in [-0.25, -0.2) is 18.6 Å². The maximum absolute atomic E-state index is 14.0. The van der Waals surface area contributed by atoms with Crippen LogP contribution in [0.2, 0.25) is 10.0 Å². The second-order valence-electron chi connectivity index (χ2n) is 4.45. The van der Waals surface area contributed by atoms with Crippen LogP contribution in [0.4, 0.5) is 22.0 Å². The number of esters is 1. The number of hydrogen-bond donors (Lipinski definition) is 0. The van der Waals surface area contributed by atoms with E-state index < -0.39 is 46.3 Å². The van der Waals surface area contributed by atoms with Crippen molar-refractivity contribution in [3.8, 4) is 11.3 Å². The lowest BCUT2D eigenvalue weighted by atomic mass is 10.1. The first kappa shape index (κ1) is 18.4. The molecule has 0 N–H and O–H groups in total. The lowest BCUT2D eigenvalue weighted by Gasteiger charge is -2.12. The first-order chi connectivity index (χ1) is 11.1. The number of pyridine rings is 1. The molecule has 0 fully saturated rings. The van der Waals surface area contributed by atoms with Crippen LogP contribution in [0.25, 0.3) is 11.3 Å². The number of benzene rings is 1. The third-order valence-corrected chi connectivity index (χ3v) is 3.50. The highest BCUT2D eigenvalue weighted by atomic mass is 35.5. The van der Waals surface area contributed by atoms with Gasteiger partial charge < -0.3 is 4.74 Å². The van der Waals surface area contributed by atoms with Gasteiger partial charge in [0.15, 0.2) is 5.69 Å². The Morgan fingerprint density at radius 2 is 1.71 bits per heavy atom. The molecule has 10 heteroatoms. The average molecular weight is 386 g/mol. The molecule has 0 radical (unpaired) electrons. The van der Waals surface area contributed by atoms with Crippen molar-refractivity contribution in [2.75, 3.05) is 7.11 Å². The minimum Gasteiger partial charge on any atom is -0.464 e. The number of halogens is 7. The Morgan fingerprint density at radius 1 is 1.08 bits per heavy atom. The Morgan fingerprint density at radius 3 is 2.25 bits per heavy atom. The molecule has 128 valence electrons. The van der Waals surface area contributed by atoms with Gasteiger partial charge in [-0.05, 0) is 18.2 Å². The lowest BCUT2D eigenvalue weighted by molar-refractivity contribution is -0.140. The fourth-order valence-electron chi connectivity index (χ4n) is 1.84. The third kappa shape index (κ3) is 3.44. The predicted octanol–water partition coefficient (Wildman–Crippen LogP) is 5.14. The smallest absolute Gasteiger partial charge is 0.419 e. The van der Waals surface area contributed by atoms with Crippen molar-refractivity contribution in [1.82, 2.24) is 4.98 Å². The van der Waals surface area contributed by atoms with Crippen LogP contribution in [-0.2, 0) is 10.9 Å². The zero-order valence-corrected chi connectivity index (χ0v) is 13.2. The van der Waals surface area contributed by atoms with Crippen LogP contribution in [0.1, 0.15) is 16.1 Å². The minimum atomic E-state index is -5.07. The molecule has 0 amide bonds. The van der Waals surface area contributed by atoms with Crippen molar-refractivity contribution in [3.63, 3.8) is 0 Å². The van der Waals surface area contributed by atoms with Crippen molar-refractivity contribution in [2.45, 2.75) is 6.18 Å². The summed E-state index contributed by atoms with van der Waals surface area (Å²) in [6.45, 7) is 0. The van der Waals surface area contributed by atoms with Gasteiger partial charge in [-0.3, -0.25) is 0 Å². The second-order valence-corrected chi connectivity index (χ2v) is 5.26. The molecule has 0 unspecified atom stereocenters. The zero-order valence-electron chi connectivity index (χ0n) is 11.6. The topological polar surface area (TPSA) is 39.2 Å². The number of hydrogen-bond acceptors (Lipinski definition) is 3. The lowest BCUT2D eigenvalue weighted by Crippen LogP contribution is -2.10. The van der Waals surface area contributed by atoms with Gasteiger partial charge in [-0.1, -0.05) is 23.2 Å². The maximum Gasteiger partial charge on any atom is 0.419 e. The Bertz CT molecular complexity index is 824. The van der Waals surface area contributed by atoms with Gasteiger partial charge >= 0.3 is 12.1 Å². The maximum atomic E-state index is 14.0. The highest BCUT2D eigenvalue weighted by molar-refractivity contribution is 6.37. The summed E-state index contributed by atoms with van der Waals surface area (Å²) in [5.74, 6) is -4.12. The number of nitrogens with zero attached hydrogens (tertiary/aromatic N) is 1. The molecule has 0 aliphatic rings. The largest absolute Gasteiger partial charge is 0.464 e. The fourth-order valence-corrected chi connectivity index (χ4v) is 2.38. The number of rotatable bonds is 2. The SMILES string of the molecule is COC(=O)c1nc(-c2cc(F)c(C(F)(F)F)cc2F)c(Cl)cc1Cl. The van der Waals surface area contributed by atoms with Gasteiger partial charge in [0, 0.05) is 5.56 Å². The molecule has 2 rings (SSSR count). The van der Waals surface area contributed by atoms with E-state index in [1.54, 1.807) is 0 Å². The number of carbonyl (C=O) groups is 1. The monoisotopic (exact) mass is 385 g/mol. The molecule has 0 aliphatic carbocycles. The Balaban J connectivity index is 2.69. The van der Waals surface area contributed by atoms with Crippen molar-refractivity contribution >= 4 is 29.2 Å². The highest BCUT2D eigenvalue weighted by Gasteiger charge is 2.35. The molecule has 0 atom stereocenters. The molecular formula is C14H6Cl2F5NO2. The molecule has 1 heterocycles. The quantitative estimate of drug-likeness (QED) is 0.530. The van der Waals surface area contributed by atoms with E-state index in [9.17, 15) is 26.7 Å². The number of carbonyl (C=O) groups excluding carboxylic acids is 1. The van der Waals surface area contributed by atoms with Crippen LogP contribution in [0.3, 0.4) is 0 Å². The van der Waals surface area contributed by atoms with E-state index in [0.29, 0.717) is 6.07 Å². The summed E-state index contributed by atoms with van der Waals surface area (Å²) in [6.07, 6.45) is -5.07. The summed E-state index contributed by atoms with van der Waals surface area (Å²) < 4.78 is 69.9. The van der Waals surface area contributed by atoms with Gasteiger partial charge in [0.05, 0.1) is 28.4 Å². The van der Waals surface area contributed by atoms with Gasteiger partial charge in [0.1, 0.15) is 11.6 Å². The van der Waals surface area contributed by atoms with Gasteiger partial charge in [-0.2, -0.15) is 13.2 Å². The van der Waals surface area contributed by atoms with E-state index in [2.05, 4.69) is 9.72 Å². The van der Waals surface area contributed by atoms with Crippen LogP contribution in [0.15, 0.2) is 18.2 Å². The molecule has 0 aliphatic heterocycles. The van der Waals surface area contributed by atoms with Crippen molar-refractivity contribution in [1.29, 1.82) is 0 Å². The van der Waals surface area contributed by atoms with E-state index in [-0.39, 0.29) is 16.1 Å². The van der Waals surface area contributed by atoms with Crippen LogP contribution in [0, 0.1) is 11.6 Å². The standard InChI is InChI=1S/C14H6Cl2F5NO2/c1-24-13(23)12-8(16)4-7(15)11(22-12)5-2-10(18)6(3-9(5)17)14(19,20)21/h2-4H,1H3. The molecule has 1 aromatic heterocycles. The number of alkyl halides is 3. The average Bonchev–Trinajstić information content (AvgIpc) is 2.48. The summed E-state index contributed by atoms with van der Waals surface area (Å²) >= 11 is 11.6. The molecular weight excluding hydrogens is 380 g/mol. The predicted molar refractivity (Wildman–Crippen MR) is 76.0 cm³/mol. The molecule has 0 spiro atoms. The molecule has 1 aromatic carbocycles. The highest BCUT2D eigenvalue weighted by Crippen LogP contribution is 2.37. The molecule has 0 saturated carbocycles. The molecule has 2 aromatic rings.